The highest BCUT2D eigenvalue weighted by molar-refractivity contribution is 7.16. The summed E-state index contributed by atoms with van der Waals surface area (Å²) in [4.78, 5) is 25.9. The molecule has 1 atom stereocenters. The summed E-state index contributed by atoms with van der Waals surface area (Å²) < 4.78 is 5.63. The molecule has 1 aromatic carbocycles. The number of H-pyrrole nitrogens is 1. The quantitative estimate of drug-likeness (QED) is 0.554. The molecule has 0 spiro atoms. The number of ether oxygens (including phenoxy) is 1. The van der Waals surface area contributed by atoms with Crippen molar-refractivity contribution in [3.63, 3.8) is 0 Å². The fourth-order valence-electron chi connectivity index (χ4n) is 2.59. The van der Waals surface area contributed by atoms with Crippen LogP contribution in [0, 0.1) is 6.92 Å². The highest BCUT2D eigenvalue weighted by Crippen LogP contribution is 2.28. The van der Waals surface area contributed by atoms with Gasteiger partial charge < -0.3 is 4.74 Å². The molecule has 1 N–H and O–H groups in total. The number of esters is 1. The van der Waals surface area contributed by atoms with E-state index < -0.39 is 12.1 Å². The van der Waals surface area contributed by atoms with Gasteiger partial charge >= 0.3 is 5.97 Å². The molecule has 8 heteroatoms. The third-order valence-corrected chi connectivity index (χ3v) is 5.11. The SMILES string of the molecule is Cc1nc(-c2ncn[nH]2)sc1C(=O)O[C@H](C)c1cnc2ccccc2c1. The Morgan fingerprint density at radius 2 is 2.12 bits per heavy atom. The van der Waals surface area contributed by atoms with Crippen molar-refractivity contribution < 1.29 is 9.53 Å². The van der Waals surface area contributed by atoms with Crippen LogP contribution in [0.25, 0.3) is 21.7 Å². The van der Waals surface area contributed by atoms with Crippen LogP contribution in [0.5, 0.6) is 0 Å². The number of hydrogen-bond donors (Lipinski definition) is 1. The monoisotopic (exact) mass is 365 g/mol. The maximum absolute atomic E-state index is 12.6. The summed E-state index contributed by atoms with van der Waals surface area (Å²) in [5.74, 6) is 0.121. The number of pyridine rings is 1. The van der Waals surface area contributed by atoms with Gasteiger partial charge in [0.1, 0.15) is 17.3 Å². The molecule has 0 aliphatic rings. The minimum atomic E-state index is -0.421. The normalized spacial score (nSPS) is 12.2. The Kier molecular flexibility index (Phi) is 4.18. The van der Waals surface area contributed by atoms with Crippen molar-refractivity contribution in [2.75, 3.05) is 0 Å². The molecule has 0 aliphatic carbocycles. The minimum Gasteiger partial charge on any atom is -0.453 e. The molecule has 0 radical (unpaired) electrons. The van der Waals surface area contributed by atoms with Gasteiger partial charge in [-0.05, 0) is 26.0 Å². The topological polar surface area (TPSA) is 93.7 Å². The van der Waals surface area contributed by atoms with E-state index in [0.29, 0.717) is 21.4 Å². The summed E-state index contributed by atoms with van der Waals surface area (Å²) in [6.07, 6.45) is 2.72. The van der Waals surface area contributed by atoms with Gasteiger partial charge in [-0.3, -0.25) is 10.1 Å². The second-order valence-electron chi connectivity index (χ2n) is 5.78. The van der Waals surface area contributed by atoms with Crippen LogP contribution in [0.2, 0.25) is 0 Å². The molecule has 130 valence electrons. The Labute approximate surface area is 153 Å². The molecule has 7 nitrogen and oxygen atoms in total. The molecule has 0 saturated heterocycles. The first-order valence-electron chi connectivity index (χ1n) is 8.00. The van der Waals surface area contributed by atoms with Crippen LogP contribution < -0.4 is 0 Å². The Morgan fingerprint density at radius 1 is 1.27 bits per heavy atom. The van der Waals surface area contributed by atoms with Crippen molar-refractivity contribution in [1.29, 1.82) is 0 Å². The molecule has 0 amide bonds. The lowest BCUT2D eigenvalue weighted by molar-refractivity contribution is 0.0342. The van der Waals surface area contributed by atoms with Gasteiger partial charge in [-0.1, -0.05) is 18.2 Å². The number of carbonyl (C=O) groups is 1. The Balaban J connectivity index is 1.55. The molecule has 0 aliphatic heterocycles. The summed E-state index contributed by atoms with van der Waals surface area (Å²) in [6, 6.07) is 9.81. The number of aromatic amines is 1. The predicted molar refractivity (Wildman–Crippen MR) is 97.8 cm³/mol. The zero-order valence-electron chi connectivity index (χ0n) is 14.1. The van der Waals surface area contributed by atoms with Gasteiger partial charge in [0.25, 0.3) is 0 Å². The number of carbonyl (C=O) groups excluding carboxylic acids is 1. The number of para-hydroxylation sites is 1. The molecular weight excluding hydrogens is 350 g/mol. The lowest BCUT2D eigenvalue weighted by Gasteiger charge is -2.13. The highest BCUT2D eigenvalue weighted by Gasteiger charge is 2.21. The molecule has 0 fully saturated rings. The standard InChI is InChI=1S/C18H15N5O2S/c1-10-15(26-17(22-10)16-20-9-21-23-16)18(24)25-11(2)13-7-12-5-3-4-6-14(12)19-8-13/h3-9,11H,1-2H3,(H,20,21,23)/t11-/m1/s1. The average molecular weight is 365 g/mol. The largest absolute Gasteiger partial charge is 0.453 e. The molecule has 3 aromatic heterocycles. The van der Waals surface area contributed by atoms with Crippen molar-refractivity contribution in [2.24, 2.45) is 0 Å². The van der Waals surface area contributed by atoms with E-state index in [-0.39, 0.29) is 0 Å². The fraction of sp³-hybridized carbons (Fsp3) is 0.167. The van der Waals surface area contributed by atoms with E-state index in [1.54, 1.807) is 13.1 Å². The number of rotatable bonds is 4. The van der Waals surface area contributed by atoms with Gasteiger partial charge in [-0.2, -0.15) is 5.10 Å². The van der Waals surface area contributed by atoms with Crippen molar-refractivity contribution in [1.82, 2.24) is 25.1 Å². The van der Waals surface area contributed by atoms with Gasteiger partial charge in [0.2, 0.25) is 0 Å². The molecule has 26 heavy (non-hydrogen) atoms. The zero-order valence-corrected chi connectivity index (χ0v) is 14.9. The lowest BCUT2D eigenvalue weighted by Crippen LogP contribution is -2.09. The summed E-state index contributed by atoms with van der Waals surface area (Å²) in [7, 11) is 0. The maximum atomic E-state index is 12.6. The Hall–Kier alpha value is -3.13. The number of aromatic nitrogens is 5. The second kappa shape index (κ2) is 6.64. The molecule has 4 rings (SSSR count). The smallest absolute Gasteiger partial charge is 0.350 e. The van der Waals surface area contributed by atoms with Crippen molar-refractivity contribution in [2.45, 2.75) is 20.0 Å². The summed E-state index contributed by atoms with van der Waals surface area (Å²) >= 11 is 1.23. The van der Waals surface area contributed by atoms with E-state index in [4.69, 9.17) is 4.74 Å². The number of hydrogen-bond acceptors (Lipinski definition) is 7. The van der Waals surface area contributed by atoms with E-state index in [1.807, 2.05) is 37.3 Å². The number of nitrogens with zero attached hydrogens (tertiary/aromatic N) is 4. The Bertz CT molecular complexity index is 1070. The van der Waals surface area contributed by atoms with Crippen LogP contribution in [0.15, 0.2) is 42.9 Å². The zero-order chi connectivity index (χ0) is 18.1. The maximum Gasteiger partial charge on any atom is 0.350 e. The van der Waals surface area contributed by atoms with Crippen molar-refractivity contribution in [3.8, 4) is 10.8 Å². The molecule has 4 aromatic rings. The third-order valence-electron chi connectivity index (χ3n) is 3.96. The van der Waals surface area contributed by atoms with Crippen molar-refractivity contribution in [3.05, 3.63) is 59.0 Å². The minimum absolute atomic E-state index is 0.411. The van der Waals surface area contributed by atoms with Gasteiger partial charge in [-0.25, -0.2) is 14.8 Å². The first kappa shape index (κ1) is 16.3. The van der Waals surface area contributed by atoms with E-state index >= 15 is 0 Å². The van der Waals surface area contributed by atoms with Gasteiger partial charge in [0.05, 0.1) is 11.2 Å². The van der Waals surface area contributed by atoms with Crippen molar-refractivity contribution >= 4 is 28.2 Å². The fourth-order valence-corrected chi connectivity index (χ4v) is 3.48. The molecule has 0 bridgehead atoms. The number of aryl methyl sites for hydroxylation is 1. The van der Waals surface area contributed by atoms with Crippen LogP contribution in [-0.2, 0) is 4.74 Å². The van der Waals surface area contributed by atoms with E-state index in [2.05, 4.69) is 25.1 Å². The second-order valence-corrected chi connectivity index (χ2v) is 6.78. The van der Waals surface area contributed by atoms with E-state index in [0.717, 1.165) is 16.5 Å². The number of thiazole rings is 1. The average Bonchev–Trinajstić information content (AvgIpc) is 3.30. The van der Waals surface area contributed by atoms with Crippen LogP contribution in [0.3, 0.4) is 0 Å². The summed E-state index contributed by atoms with van der Waals surface area (Å²) in [5.41, 5.74) is 2.36. The number of fused-ring (bicyclic) bond motifs is 1. The predicted octanol–water partition coefficient (Wildman–Crippen LogP) is 3.70. The molecule has 0 saturated carbocycles. The van der Waals surface area contributed by atoms with Crippen LogP contribution in [0.1, 0.15) is 34.0 Å². The number of nitrogens with one attached hydrogen (secondary N) is 1. The summed E-state index contributed by atoms with van der Waals surface area (Å²) in [5, 5.41) is 8.16. The van der Waals surface area contributed by atoms with Gasteiger partial charge in [0, 0.05) is 17.1 Å². The molecule has 3 heterocycles. The molecular formula is C18H15N5O2S. The van der Waals surface area contributed by atoms with Crippen LogP contribution in [0.4, 0.5) is 0 Å². The Morgan fingerprint density at radius 3 is 2.92 bits per heavy atom. The first-order valence-corrected chi connectivity index (χ1v) is 8.82. The number of benzene rings is 1. The van der Waals surface area contributed by atoms with Gasteiger partial charge in [0.15, 0.2) is 10.8 Å². The van der Waals surface area contributed by atoms with E-state index in [1.165, 1.54) is 17.7 Å². The first-order chi connectivity index (χ1) is 12.6. The van der Waals surface area contributed by atoms with Gasteiger partial charge in [-0.15, -0.1) is 11.3 Å². The summed E-state index contributed by atoms with van der Waals surface area (Å²) in [6.45, 7) is 3.60. The lowest BCUT2D eigenvalue weighted by atomic mass is 10.1. The third kappa shape index (κ3) is 3.06. The van der Waals surface area contributed by atoms with Crippen LogP contribution >= 0.6 is 11.3 Å². The highest BCUT2D eigenvalue weighted by atomic mass is 32.1. The van der Waals surface area contributed by atoms with E-state index in [9.17, 15) is 4.79 Å². The molecule has 0 unspecified atom stereocenters. The van der Waals surface area contributed by atoms with Crippen LogP contribution in [-0.4, -0.2) is 31.1 Å².